The van der Waals surface area contributed by atoms with Gasteiger partial charge >= 0.3 is 5.97 Å². The van der Waals surface area contributed by atoms with Crippen LogP contribution in [0.2, 0.25) is 0 Å². The van der Waals surface area contributed by atoms with E-state index in [0.29, 0.717) is 13.0 Å². The van der Waals surface area contributed by atoms with Crippen molar-refractivity contribution in [3.63, 3.8) is 0 Å². The number of ether oxygens (including phenoxy) is 1. The van der Waals surface area contributed by atoms with E-state index in [-0.39, 0.29) is 5.92 Å². The molecule has 0 bridgehead atoms. The Kier molecular flexibility index (Phi) is 5.21. The SMILES string of the molecule is COc1ccc(CC(CN2CC3CCCCC3C2)C(=O)O)cc1. The lowest BCUT2D eigenvalue weighted by atomic mass is 9.82. The maximum absolute atomic E-state index is 11.7. The molecule has 1 N–H and O–H groups in total. The molecule has 1 saturated heterocycles. The van der Waals surface area contributed by atoms with Crippen LogP contribution in [0, 0.1) is 17.8 Å². The summed E-state index contributed by atoms with van der Waals surface area (Å²) in [7, 11) is 1.64. The normalized spacial score (nSPS) is 25.8. The highest BCUT2D eigenvalue weighted by molar-refractivity contribution is 5.70. The molecule has 2 aliphatic rings. The fraction of sp³-hybridized carbons (Fsp3) is 0.632. The quantitative estimate of drug-likeness (QED) is 0.876. The minimum atomic E-state index is -0.685. The number of benzene rings is 1. The molecule has 1 aliphatic heterocycles. The van der Waals surface area contributed by atoms with Gasteiger partial charge in [-0.15, -0.1) is 0 Å². The lowest BCUT2D eigenvalue weighted by Gasteiger charge is -2.23. The van der Waals surface area contributed by atoms with E-state index in [0.717, 1.165) is 36.2 Å². The van der Waals surface area contributed by atoms with Crippen molar-refractivity contribution >= 4 is 5.97 Å². The van der Waals surface area contributed by atoms with Crippen molar-refractivity contribution in [1.82, 2.24) is 4.90 Å². The first-order valence-electron chi connectivity index (χ1n) is 8.74. The summed E-state index contributed by atoms with van der Waals surface area (Å²) in [6.45, 7) is 2.86. The zero-order valence-electron chi connectivity index (χ0n) is 13.9. The van der Waals surface area contributed by atoms with E-state index >= 15 is 0 Å². The summed E-state index contributed by atoms with van der Waals surface area (Å²) < 4.78 is 5.16. The van der Waals surface area contributed by atoms with Gasteiger partial charge in [-0.3, -0.25) is 4.79 Å². The van der Waals surface area contributed by atoms with Crippen LogP contribution in [0.15, 0.2) is 24.3 Å². The maximum atomic E-state index is 11.7. The van der Waals surface area contributed by atoms with Crippen molar-refractivity contribution in [2.75, 3.05) is 26.7 Å². The Labute approximate surface area is 138 Å². The molecule has 0 spiro atoms. The number of hydrogen-bond acceptors (Lipinski definition) is 3. The molecule has 3 rings (SSSR count). The number of carboxylic acid groups (broad SMARTS) is 1. The van der Waals surface area contributed by atoms with E-state index < -0.39 is 5.97 Å². The Morgan fingerprint density at radius 2 is 1.83 bits per heavy atom. The highest BCUT2D eigenvalue weighted by Gasteiger charge is 2.35. The van der Waals surface area contributed by atoms with E-state index in [1.54, 1.807) is 7.11 Å². The third-order valence-corrected chi connectivity index (χ3v) is 5.52. The number of likely N-dealkylation sites (tertiary alicyclic amines) is 1. The highest BCUT2D eigenvalue weighted by Crippen LogP contribution is 2.36. The maximum Gasteiger partial charge on any atom is 0.308 e. The van der Waals surface area contributed by atoms with E-state index in [2.05, 4.69) is 4.90 Å². The van der Waals surface area contributed by atoms with Gasteiger partial charge in [0.15, 0.2) is 0 Å². The van der Waals surface area contributed by atoms with Crippen LogP contribution in [-0.4, -0.2) is 42.7 Å². The molecule has 1 heterocycles. The van der Waals surface area contributed by atoms with Gasteiger partial charge in [-0.2, -0.15) is 0 Å². The Bertz CT molecular complexity index is 514. The molecule has 2 fully saturated rings. The Hall–Kier alpha value is -1.55. The molecule has 1 aromatic rings. The van der Waals surface area contributed by atoms with Crippen LogP contribution in [0.25, 0.3) is 0 Å². The van der Waals surface area contributed by atoms with Gasteiger partial charge in [0.1, 0.15) is 5.75 Å². The first kappa shape index (κ1) is 16.3. The smallest absolute Gasteiger partial charge is 0.308 e. The molecule has 4 nitrogen and oxygen atoms in total. The molecule has 0 radical (unpaired) electrons. The minimum absolute atomic E-state index is 0.330. The zero-order chi connectivity index (χ0) is 16.2. The third kappa shape index (κ3) is 4.05. The lowest BCUT2D eigenvalue weighted by molar-refractivity contribution is -0.142. The van der Waals surface area contributed by atoms with Gasteiger partial charge in [-0.05, 0) is 48.8 Å². The summed E-state index contributed by atoms with van der Waals surface area (Å²) in [6.07, 6.45) is 5.95. The summed E-state index contributed by atoms with van der Waals surface area (Å²) in [5.74, 6) is 1.40. The number of hydrogen-bond donors (Lipinski definition) is 1. The average Bonchev–Trinajstić information content (AvgIpc) is 2.97. The van der Waals surface area contributed by atoms with Crippen LogP contribution in [0.4, 0.5) is 0 Å². The van der Waals surface area contributed by atoms with Crippen molar-refractivity contribution in [2.24, 2.45) is 17.8 Å². The lowest BCUT2D eigenvalue weighted by Crippen LogP contribution is -2.33. The van der Waals surface area contributed by atoms with Crippen LogP contribution < -0.4 is 4.74 Å². The topological polar surface area (TPSA) is 49.8 Å². The molecular formula is C19H27NO3. The van der Waals surface area contributed by atoms with Crippen molar-refractivity contribution in [1.29, 1.82) is 0 Å². The molecule has 3 atom stereocenters. The molecule has 1 aromatic carbocycles. The van der Waals surface area contributed by atoms with E-state index in [1.165, 1.54) is 25.7 Å². The molecule has 3 unspecified atom stereocenters. The van der Waals surface area contributed by atoms with Crippen LogP contribution in [0.1, 0.15) is 31.2 Å². The van der Waals surface area contributed by atoms with Gasteiger partial charge in [0.25, 0.3) is 0 Å². The summed E-state index contributed by atoms with van der Waals surface area (Å²) in [5.41, 5.74) is 1.06. The van der Waals surface area contributed by atoms with Crippen molar-refractivity contribution in [3.8, 4) is 5.75 Å². The van der Waals surface area contributed by atoms with E-state index in [9.17, 15) is 9.90 Å². The van der Waals surface area contributed by atoms with Crippen molar-refractivity contribution < 1.29 is 14.6 Å². The molecule has 126 valence electrons. The molecule has 4 heteroatoms. The summed E-state index contributed by atoms with van der Waals surface area (Å²) >= 11 is 0. The number of rotatable bonds is 6. The Morgan fingerprint density at radius 3 is 2.35 bits per heavy atom. The molecule has 1 saturated carbocycles. The standard InChI is InChI=1S/C19H27NO3/c1-23-18-8-6-14(7-9-18)10-17(19(21)22)13-20-11-15-4-2-3-5-16(15)12-20/h6-9,15-17H,2-5,10-13H2,1H3,(H,21,22). The van der Waals surface area contributed by atoms with Gasteiger partial charge in [-0.1, -0.05) is 25.0 Å². The number of aliphatic carboxylic acids is 1. The predicted octanol–water partition coefficient (Wildman–Crippen LogP) is 3.06. The highest BCUT2D eigenvalue weighted by atomic mass is 16.5. The second kappa shape index (κ2) is 7.35. The van der Waals surface area contributed by atoms with Gasteiger partial charge in [0, 0.05) is 19.6 Å². The van der Waals surface area contributed by atoms with Gasteiger partial charge < -0.3 is 14.7 Å². The average molecular weight is 317 g/mol. The fourth-order valence-corrected chi connectivity index (χ4v) is 4.24. The number of methoxy groups -OCH3 is 1. The van der Waals surface area contributed by atoms with Gasteiger partial charge in [0.05, 0.1) is 13.0 Å². The predicted molar refractivity (Wildman–Crippen MR) is 89.7 cm³/mol. The summed E-state index contributed by atoms with van der Waals surface area (Å²) in [5, 5.41) is 9.60. The Balaban J connectivity index is 1.59. The van der Waals surface area contributed by atoms with Gasteiger partial charge in [0.2, 0.25) is 0 Å². The van der Waals surface area contributed by atoms with Crippen LogP contribution >= 0.6 is 0 Å². The molecule has 0 aromatic heterocycles. The minimum Gasteiger partial charge on any atom is -0.497 e. The fourth-order valence-electron chi connectivity index (χ4n) is 4.24. The van der Waals surface area contributed by atoms with Gasteiger partial charge in [-0.25, -0.2) is 0 Å². The largest absolute Gasteiger partial charge is 0.497 e. The Morgan fingerprint density at radius 1 is 1.22 bits per heavy atom. The van der Waals surface area contributed by atoms with Crippen molar-refractivity contribution in [2.45, 2.75) is 32.1 Å². The van der Waals surface area contributed by atoms with E-state index in [1.807, 2.05) is 24.3 Å². The zero-order valence-corrected chi connectivity index (χ0v) is 13.9. The molecular weight excluding hydrogens is 290 g/mol. The van der Waals surface area contributed by atoms with Crippen molar-refractivity contribution in [3.05, 3.63) is 29.8 Å². The van der Waals surface area contributed by atoms with Crippen LogP contribution in [0.3, 0.4) is 0 Å². The first-order valence-corrected chi connectivity index (χ1v) is 8.74. The third-order valence-electron chi connectivity index (χ3n) is 5.52. The van der Waals surface area contributed by atoms with E-state index in [4.69, 9.17) is 4.74 Å². The van der Waals surface area contributed by atoms with Crippen LogP contribution in [-0.2, 0) is 11.2 Å². The molecule has 23 heavy (non-hydrogen) atoms. The first-order chi connectivity index (χ1) is 11.2. The second-order valence-corrected chi connectivity index (χ2v) is 7.11. The summed E-state index contributed by atoms with van der Waals surface area (Å²) in [4.78, 5) is 14.1. The second-order valence-electron chi connectivity index (χ2n) is 7.11. The number of fused-ring (bicyclic) bond motifs is 1. The molecule has 1 aliphatic carbocycles. The number of carboxylic acids is 1. The monoisotopic (exact) mass is 317 g/mol. The van der Waals surface area contributed by atoms with Crippen LogP contribution in [0.5, 0.6) is 5.75 Å². The number of carbonyl (C=O) groups is 1. The summed E-state index contributed by atoms with van der Waals surface area (Å²) in [6, 6.07) is 7.74. The number of nitrogens with zero attached hydrogens (tertiary/aromatic N) is 1. The molecule has 0 amide bonds.